The highest BCUT2D eigenvalue weighted by Crippen LogP contribution is 2.25. The lowest BCUT2D eigenvalue weighted by atomic mass is 10.1. The first-order valence-electron chi connectivity index (χ1n) is 4.15. The van der Waals surface area contributed by atoms with E-state index >= 15 is 0 Å². The first kappa shape index (κ1) is 7.76. The number of ether oxygens (including phenoxy) is 1. The maximum atomic E-state index is 9.17. The van der Waals surface area contributed by atoms with Gasteiger partial charge in [0.15, 0.2) is 0 Å². The second kappa shape index (κ2) is 3.25. The van der Waals surface area contributed by atoms with Crippen molar-refractivity contribution in [1.82, 2.24) is 10.2 Å². The highest BCUT2D eigenvalue weighted by Gasteiger charge is 2.21. The fraction of sp³-hybridized carbons (Fsp3) is 0.625. The van der Waals surface area contributed by atoms with Gasteiger partial charge in [0.25, 0.3) is 0 Å². The number of rotatable bonds is 1. The third-order valence-corrected chi connectivity index (χ3v) is 2.12. The van der Waals surface area contributed by atoms with E-state index in [9.17, 15) is 5.11 Å². The van der Waals surface area contributed by atoms with Crippen molar-refractivity contribution in [3.63, 3.8) is 0 Å². The van der Waals surface area contributed by atoms with E-state index in [-0.39, 0.29) is 12.2 Å². The summed E-state index contributed by atoms with van der Waals surface area (Å²) in [7, 11) is 0. The monoisotopic (exact) mass is 168 g/mol. The molecule has 4 heteroatoms. The molecule has 0 bridgehead atoms. The van der Waals surface area contributed by atoms with Crippen LogP contribution in [0.25, 0.3) is 0 Å². The van der Waals surface area contributed by atoms with Crippen LogP contribution in [0.5, 0.6) is 0 Å². The summed E-state index contributed by atoms with van der Waals surface area (Å²) in [5.74, 6) is 0. The van der Waals surface area contributed by atoms with E-state index in [4.69, 9.17) is 4.74 Å². The smallest absolute Gasteiger partial charge is 0.0991 e. The highest BCUT2D eigenvalue weighted by atomic mass is 16.5. The van der Waals surface area contributed by atoms with Crippen LogP contribution in [-0.2, 0) is 4.74 Å². The van der Waals surface area contributed by atoms with Gasteiger partial charge in [-0.25, -0.2) is 0 Å². The first-order valence-corrected chi connectivity index (χ1v) is 4.15. The largest absolute Gasteiger partial charge is 0.391 e. The van der Waals surface area contributed by atoms with E-state index in [1.54, 1.807) is 6.20 Å². The lowest BCUT2D eigenvalue weighted by Crippen LogP contribution is -2.24. The summed E-state index contributed by atoms with van der Waals surface area (Å²) in [5, 5.41) is 15.9. The van der Waals surface area contributed by atoms with Crippen LogP contribution in [0.4, 0.5) is 0 Å². The zero-order chi connectivity index (χ0) is 8.39. The van der Waals surface area contributed by atoms with Crippen LogP contribution in [-0.4, -0.2) is 28.0 Å². The van der Waals surface area contributed by atoms with Gasteiger partial charge >= 0.3 is 0 Å². The van der Waals surface area contributed by atoms with Gasteiger partial charge in [0.1, 0.15) is 0 Å². The molecule has 4 nitrogen and oxygen atoms in total. The predicted octanol–water partition coefficient (Wildman–Crippen LogP) is 0.622. The van der Waals surface area contributed by atoms with Gasteiger partial charge in [-0.3, -0.25) is 5.10 Å². The van der Waals surface area contributed by atoms with Crippen molar-refractivity contribution in [3.05, 3.63) is 18.0 Å². The molecule has 1 saturated heterocycles. The van der Waals surface area contributed by atoms with Crippen molar-refractivity contribution in [2.24, 2.45) is 0 Å². The minimum Gasteiger partial charge on any atom is -0.391 e. The van der Waals surface area contributed by atoms with Crippen LogP contribution in [0, 0.1) is 0 Å². The van der Waals surface area contributed by atoms with Crippen LogP contribution in [0.3, 0.4) is 0 Å². The van der Waals surface area contributed by atoms with Crippen LogP contribution >= 0.6 is 0 Å². The van der Waals surface area contributed by atoms with Crippen LogP contribution < -0.4 is 0 Å². The van der Waals surface area contributed by atoms with Gasteiger partial charge in [0.05, 0.1) is 24.5 Å². The Morgan fingerprint density at radius 3 is 3.08 bits per heavy atom. The van der Waals surface area contributed by atoms with Gasteiger partial charge in [0.2, 0.25) is 0 Å². The molecule has 1 aliphatic heterocycles. The van der Waals surface area contributed by atoms with Gasteiger partial charge in [-0.15, -0.1) is 0 Å². The molecule has 0 aromatic carbocycles. The fourth-order valence-electron chi connectivity index (χ4n) is 1.43. The molecule has 1 aliphatic rings. The summed E-state index contributed by atoms with van der Waals surface area (Å²) in [5.41, 5.74) is 1.00. The zero-order valence-electron chi connectivity index (χ0n) is 6.73. The number of hydrogen-bond donors (Lipinski definition) is 2. The molecule has 0 saturated carbocycles. The molecule has 0 amide bonds. The first-order chi connectivity index (χ1) is 5.86. The fourth-order valence-corrected chi connectivity index (χ4v) is 1.43. The van der Waals surface area contributed by atoms with E-state index in [1.807, 2.05) is 6.07 Å². The minimum atomic E-state index is -0.288. The van der Waals surface area contributed by atoms with E-state index < -0.39 is 0 Å². The molecule has 0 spiro atoms. The third-order valence-electron chi connectivity index (χ3n) is 2.12. The standard InChI is InChI=1S/C8H12N2O2/c11-6-1-2-8(12-5-6)7-3-4-9-10-7/h3-4,6,8,11H,1-2,5H2,(H,9,10)/t6-,8-/m0/s1. The maximum Gasteiger partial charge on any atom is 0.0991 e. The lowest BCUT2D eigenvalue weighted by molar-refractivity contribution is -0.0584. The van der Waals surface area contributed by atoms with Crippen molar-refractivity contribution in [3.8, 4) is 0 Å². The molecule has 2 N–H and O–H groups in total. The number of aliphatic hydroxyl groups excluding tert-OH is 1. The second-order valence-electron chi connectivity index (χ2n) is 3.07. The number of aromatic amines is 1. The van der Waals surface area contributed by atoms with Crippen molar-refractivity contribution >= 4 is 0 Å². The molecular formula is C8H12N2O2. The van der Waals surface area contributed by atoms with Crippen LogP contribution in [0.1, 0.15) is 24.6 Å². The molecule has 2 heterocycles. The number of nitrogens with one attached hydrogen (secondary N) is 1. The number of nitrogens with zero attached hydrogens (tertiary/aromatic N) is 1. The minimum absolute atomic E-state index is 0.0934. The SMILES string of the molecule is O[C@H]1CC[C@@H](c2ccn[nH]2)OC1. The van der Waals surface area contributed by atoms with Crippen molar-refractivity contribution in [1.29, 1.82) is 0 Å². The van der Waals surface area contributed by atoms with Gasteiger partial charge in [-0.1, -0.05) is 0 Å². The average Bonchev–Trinajstić information content (AvgIpc) is 2.58. The molecule has 2 atom stereocenters. The number of aromatic nitrogens is 2. The molecule has 0 unspecified atom stereocenters. The zero-order valence-corrected chi connectivity index (χ0v) is 6.73. The summed E-state index contributed by atoms with van der Waals surface area (Å²) in [6.45, 7) is 0.434. The molecule has 12 heavy (non-hydrogen) atoms. The Labute approximate surface area is 70.6 Å². The van der Waals surface area contributed by atoms with E-state index in [1.165, 1.54) is 0 Å². The molecule has 0 radical (unpaired) electrons. The maximum absolute atomic E-state index is 9.17. The van der Waals surface area contributed by atoms with Crippen molar-refractivity contribution in [2.45, 2.75) is 25.0 Å². The Morgan fingerprint density at radius 2 is 2.50 bits per heavy atom. The Kier molecular flexibility index (Phi) is 2.10. The average molecular weight is 168 g/mol. The van der Waals surface area contributed by atoms with Gasteiger partial charge in [-0.05, 0) is 18.9 Å². The predicted molar refractivity (Wildman–Crippen MR) is 42.5 cm³/mol. The Hall–Kier alpha value is -0.870. The second-order valence-corrected chi connectivity index (χ2v) is 3.07. The summed E-state index contributed by atoms with van der Waals surface area (Å²) in [4.78, 5) is 0. The molecule has 0 aliphatic carbocycles. The quantitative estimate of drug-likeness (QED) is 0.646. The molecular weight excluding hydrogens is 156 g/mol. The summed E-state index contributed by atoms with van der Waals surface area (Å²) in [6, 6.07) is 1.91. The third kappa shape index (κ3) is 1.49. The highest BCUT2D eigenvalue weighted by molar-refractivity contribution is 5.02. The Morgan fingerprint density at radius 1 is 1.58 bits per heavy atom. The molecule has 1 aromatic heterocycles. The van der Waals surface area contributed by atoms with Crippen molar-refractivity contribution < 1.29 is 9.84 Å². The number of H-pyrrole nitrogens is 1. The summed E-state index contributed by atoms with van der Waals surface area (Å²) < 4.78 is 5.41. The van der Waals surface area contributed by atoms with Gasteiger partial charge < -0.3 is 9.84 Å². The number of aliphatic hydroxyl groups is 1. The lowest BCUT2D eigenvalue weighted by Gasteiger charge is -2.24. The normalized spacial score (nSPS) is 30.4. The molecule has 66 valence electrons. The topological polar surface area (TPSA) is 58.1 Å². The van der Waals surface area contributed by atoms with Crippen LogP contribution in [0.15, 0.2) is 12.3 Å². The molecule has 1 fully saturated rings. The Balaban J connectivity index is 1.99. The van der Waals surface area contributed by atoms with E-state index in [2.05, 4.69) is 10.2 Å². The summed E-state index contributed by atoms with van der Waals surface area (Å²) in [6.07, 6.45) is 3.19. The Bertz CT molecular complexity index is 227. The van der Waals surface area contributed by atoms with Crippen LogP contribution in [0.2, 0.25) is 0 Å². The van der Waals surface area contributed by atoms with Gasteiger partial charge in [-0.2, -0.15) is 5.10 Å². The molecule has 2 rings (SSSR count). The molecule has 1 aromatic rings. The summed E-state index contributed by atoms with van der Waals surface area (Å²) >= 11 is 0. The van der Waals surface area contributed by atoms with E-state index in [0.717, 1.165) is 18.5 Å². The number of hydrogen-bond acceptors (Lipinski definition) is 3. The van der Waals surface area contributed by atoms with Gasteiger partial charge in [0, 0.05) is 6.20 Å². The van der Waals surface area contributed by atoms with Crippen molar-refractivity contribution in [2.75, 3.05) is 6.61 Å². The van der Waals surface area contributed by atoms with E-state index in [0.29, 0.717) is 6.61 Å².